The molecule has 0 bridgehead atoms. The molecule has 0 fully saturated rings. The normalized spacial score (nSPS) is 14.4. The molecule has 0 aliphatic heterocycles. The zero-order valence-corrected chi connectivity index (χ0v) is 12.4. The third-order valence-electron chi connectivity index (χ3n) is 4.00. The summed E-state index contributed by atoms with van der Waals surface area (Å²) >= 11 is 0. The number of aliphatic imine (C=N–C) groups is 1. The van der Waals surface area contributed by atoms with Crippen LogP contribution in [0.25, 0.3) is 0 Å². The summed E-state index contributed by atoms with van der Waals surface area (Å²) in [6.45, 7) is 0. The quantitative estimate of drug-likeness (QED) is 0.540. The van der Waals surface area contributed by atoms with Gasteiger partial charge in [0.1, 0.15) is 0 Å². The van der Waals surface area contributed by atoms with Crippen molar-refractivity contribution in [2.45, 2.75) is 0 Å². The third kappa shape index (κ3) is 2.14. The molecule has 2 N–H and O–H groups in total. The van der Waals surface area contributed by atoms with E-state index in [1.54, 1.807) is 12.1 Å². The van der Waals surface area contributed by atoms with Gasteiger partial charge in [0.2, 0.25) is 0 Å². The number of nitrogens with zero attached hydrogens (tertiary/aromatic N) is 1. The zero-order chi connectivity index (χ0) is 15.8. The lowest BCUT2D eigenvalue weighted by Crippen LogP contribution is -2.22. The fourth-order valence-electron chi connectivity index (χ4n) is 2.94. The Labute approximate surface area is 134 Å². The van der Waals surface area contributed by atoms with Crippen LogP contribution in [0.1, 0.15) is 27.0 Å². The van der Waals surface area contributed by atoms with Crippen LogP contribution in [0.15, 0.2) is 77.8 Å². The van der Waals surface area contributed by atoms with Gasteiger partial charge in [0.05, 0.1) is 11.4 Å². The number of hydrogen-bond donors (Lipinski definition) is 1. The van der Waals surface area contributed by atoms with Crippen LogP contribution in [-0.2, 0) is 0 Å². The van der Waals surface area contributed by atoms with Crippen LogP contribution in [0.5, 0.6) is 0 Å². The van der Waals surface area contributed by atoms with Gasteiger partial charge >= 0.3 is 0 Å². The van der Waals surface area contributed by atoms with E-state index in [0.29, 0.717) is 16.8 Å². The molecular weight excluding hydrogens is 284 g/mol. The van der Waals surface area contributed by atoms with Crippen LogP contribution in [-0.4, -0.2) is 11.5 Å². The standard InChI is InChI=1S/C20H14N2O/c21-17-12-6-11-16-18(17)19(22-13-7-2-1-3-8-13)14-9-4-5-10-15(14)20(16)23/h1-12H,21H2. The molecule has 0 radical (unpaired) electrons. The predicted molar refractivity (Wildman–Crippen MR) is 92.5 cm³/mol. The summed E-state index contributed by atoms with van der Waals surface area (Å²) < 4.78 is 0. The minimum Gasteiger partial charge on any atom is -0.398 e. The number of benzene rings is 3. The number of ketones is 1. The van der Waals surface area contributed by atoms with Crippen molar-refractivity contribution in [2.24, 2.45) is 4.99 Å². The second-order valence-electron chi connectivity index (χ2n) is 5.44. The lowest BCUT2D eigenvalue weighted by Gasteiger charge is -2.22. The molecule has 110 valence electrons. The Bertz CT molecular complexity index is 943. The van der Waals surface area contributed by atoms with Gasteiger partial charge in [-0.25, -0.2) is 4.99 Å². The van der Waals surface area contributed by atoms with E-state index < -0.39 is 0 Å². The summed E-state index contributed by atoms with van der Waals surface area (Å²) in [5, 5.41) is 0. The van der Waals surface area contributed by atoms with Crippen molar-refractivity contribution >= 4 is 22.9 Å². The molecule has 3 heteroatoms. The summed E-state index contributed by atoms with van der Waals surface area (Å²) in [6, 6.07) is 22.7. The van der Waals surface area contributed by atoms with E-state index in [1.807, 2.05) is 60.7 Å². The monoisotopic (exact) mass is 298 g/mol. The summed E-state index contributed by atoms with van der Waals surface area (Å²) in [4.78, 5) is 17.5. The van der Waals surface area contributed by atoms with Gasteiger partial charge in [-0.05, 0) is 18.2 Å². The molecule has 0 amide bonds. The molecule has 0 aromatic heterocycles. The van der Waals surface area contributed by atoms with Crippen molar-refractivity contribution in [2.75, 3.05) is 5.73 Å². The lowest BCUT2D eigenvalue weighted by molar-refractivity contribution is 0.103. The number of nitrogens with two attached hydrogens (primary N) is 1. The maximum absolute atomic E-state index is 12.7. The number of para-hydroxylation sites is 1. The third-order valence-corrected chi connectivity index (χ3v) is 4.00. The predicted octanol–water partition coefficient (Wildman–Crippen LogP) is 3.98. The van der Waals surface area contributed by atoms with E-state index in [1.165, 1.54) is 0 Å². The number of rotatable bonds is 1. The Morgan fingerprint density at radius 3 is 2.13 bits per heavy atom. The van der Waals surface area contributed by atoms with Crippen molar-refractivity contribution in [3.8, 4) is 0 Å². The molecule has 23 heavy (non-hydrogen) atoms. The minimum absolute atomic E-state index is 0.00471. The molecule has 4 rings (SSSR count). The van der Waals surface area contributed by atoms with Crippen LogP contribution in [0, 0.1) is 0 Å². The number of fused-ring (bicyclic) bond motifs is 2. The molecule has 3 aromatic carbocycles. The molecule has 0 heterocycles. The zero-order valence-electron chi connectivity index (χ0n) is 12.4. The van der Waals surface area contributed by atoms with Gasteiger partial charge in [0, 0.05) is 27.9 Å². The van der Waals surface area contributed by atoms with E-state index in [4.69, 9.17) is 10.7 Å². The van der Waals surface area contributed by atoms with Crippen LogP contribution >= 0.6 is 0 Å². The fourth-order valence-corrected chi connectivity index (χ4v) is 2.94. The molecule has 0 spiro atoms. The van der Waals surface area contributed by atoms with Crippen molar-refractivity contribution in [3.05, 3.63) is 95.1 Å². The molecule has 1 aliphatic rings. The van der Waals surface area contributed by atoms with Crippen LogP contribution in [0.3, 0.4) is 0 Å². The first-order valence-corrected chi connectivity index (χ1v) is 7.42. The average Bonchev–Trinajstić information content (AvgIpc) is 2.60. The molecule has 0 saturated carbocycles. The van der Waals surface area contributed by atoms with Crippen LogP contribution in [0.4, 0.5) is 11.4 Å². The van der Waals surface area contributed by atoms with E-state index >= 15 is 0 Å². The largest absolute Gasteiger partial charge is 0.398 e. The lowest BCUT2D eigenvalue weighted by atomic mass is 9.82. The van der Waals surface area contributed by atoms with E-state index in [9.17, 15) is 4.79 Å². The first kappa shape index (κ1) is 13.5. The first-order valence-electron chi connectivity index (χ1n) is 7.42. The van der Waals surface area contributed by atoms with Crippen molar-refractivity contribution in [1.82, 2.24) is 0 Å². The van der Waals surface area contributed by atoms with Crippen molar-refractivity contribution in [3.63, 3.8) is 0 Å². The second-order valence-corrected chi connectivity index (χ2v) is 5.44. The maximum atomic E-state index is 12.7. The van der Waals surface area contributed by atoms with Crippen molar-refractivity contribution < 1.29 is 4.79 Å². The van der Waals surface area contributed by atoms with Gasteiger partial charge in [0.15, 0.2) is 5.78 Å². The highest BCUT2D eigenvalue weighted by Crippen LogP contribution is 2.32. The van der Waals surface area contributed by atoms with Crippen molar-refractivity contribution in [1.29, 1.82) is 0 Å². The molecular formula is C20H14N2O. The Morgan fingerprint density at radius 1 is 0.696 bits per heavy atom. The number of nitrogen functional groups attached to an aromatic ring is 1. The Morgan fingerprint density at radius 2 is 1.35 bits per heavy atom. The summed E-state index contributed by atoms with van der Waals surface area (Å²) in [6.07, 6.45) is 0. The van der Waals surface area contributed by atoms with Gasteiger partial charge in [-0.3, -0.25) is 4.79 Å². The summed E-state index contributed by atoms with van der Waals surface area (Å²) in [5.74, 6) is -0.00471. The fraction of sp³-hybridized carbons (Fsp3) is 0. The van der Waals surface area contributed by atoms with Gasteiger partial charge in [-0.15, -0.1) is 0 Å². The Kier molecular flexibility index (Phi) is 3.05. The van der Waals surface area contributed by atoms with Crippen LogP contribution in [0.2, 0.25) is 0 Å². The number of anilines is 1. The molecule has 1 aliphatic carbocycles. The molecule has 3 nitrogen and oxygen atoms in total. The molecule has 0 saturated heterocycles. The topological polar surface area (TPSA) is 55.4 Å². The molecule has 3 aromatic rings. The Hall–Kier alpha value is -3.20. The van der Waals surface area contributed by atoms with E-state index in [0.717, 1.165) is 22.5 Å². The minimum atomic E-state index is -0.00471. The SMILES string of the molecule is Nc1cccc2c1C(=Nc1ccccc1)c1ccccc1C2=O. The van der Waals surface area contributed by atoms with Gasteiger partial charge < -0.3 is 5.73 Å². The van der Waals surface area contributed by atoms with Crippen LogP contribution < -0.4 is 5.73 Å². The highest BCUT2D eigenvalue weighted by Gasteiger charge is 2.29. The van der Waals surface area contributed by atoms with E-state index in [2.05, 4.69) is 0 Å². The van der Waals surface area contributed by atoms with Gasteiger partial charge in [0.25, 0.3) is 0 Å². The maximum Gasteiger partial charge on any atom is 0.194 e. The highest BCUT2D eigenvalue weighted by atomic mass is 16.1. The van der Waals surface area contributed by atoms with Gasteiger partial charge in [-0.1, -0.05) is 54.6 Å². The van der Waals surface area contributed by atoms with Gasteiger partial charge in [-0.2, -0.15) is 0 Å². The first-order chi connectivity index (χ1) is 11.3. The molecule has 0 atom stereocenters. The molecule has 0 unspecified atom stereocenters. The van der Waals surface area contributed by atoms with E-state index in [-0.39, 0.29) is 5.78 Å². The second kappa shape index (κ2) is 5.21. The summed E-state index contributed by atoms with van der Waals surface area (Å²) in [7, 11) is 0. The summed E-state index contributed by atoms with van der Waals surface area (Å²) in [5.41, 5.74) is 11.1. The number of hydrogen-bond acceptors (Lipinski definition) is 3. The number of carbonyl (C=O) groups is 1. The Balaban J connectivity index is 2.05. The average molecular weight is 298 g/mol. The number of carbonyl (C=O) groups excluding carboxylic acids is 1. The smallest absolute Gasteiger partial charge is 0.194 e. The highest BCUT2D eigenvalue weighted by molar-refractivity contribution is 6.32.